The Morgan fingerprint density at radius 3 is 2.86 bits per heavy atom. The zero-order valence-corrected chi connectivity index (χ0v) is 12.3. The van der Waals surface area contributed by atoms with Gasteiger partial charge >= 0.3 is 0 Å². The van der Waals surface area contributed by atoms with Gasteiger partial charge in [0.05, 0.1) is 10.7 Å². The molecular formula is C13H12N6OS. The summed E-state index contributed by atoms with van der Waals surface area (Å²) < 4.78 is 1.60. The number of rotatable bonds is 3. The Bertz CT molecular complexity index is 780. The lowest BCUT2D eigenvalue weighted by atomic mass is 10.3. The molecule has 0 aliphatic rings. The Hall–Kier alpha value is -2.61. The summed E-state index contributed by atoms with van der Waals surface area (Å²) in [5, 5.41) is 7.70. The van der Waals surface area contributed by atoms with Crippen LogP contribution in [-0.4, -0.2) is 30.6 Å². The fourth-order valence-electron chi connectivity index (χ4n) is 1.86. The maximum Gasteiger partial charge on any atom is 0.268 e. The third kappa shape index (κ3) is 2.79. The van der Waals surface area contributed by atoms with Crippen molar-refractivity contribution in [2.45, 2.75) is 13.8 Å². The van der Waals surface area contributed by atoms with Crippen LogP contribution in [0.25, 0.3) is 5.82 Å². The highest BCUT2D eigenvalue weighted by Crippen LogP contribution is 2.18. The highest BCUT2D eigenvalue weighted by Gasteiger charge is 2.14. The molecule has 1 N–H and O–H groups in total. The second-order valence-corrected chi connectivity index (χ2v) is 5.52. The average Bonchev–Trinajstić information content (AvgIpc) is 3.08. The number of aryl methyl sites for hydroxylation is 2. The summed E-state index contributed by atoms with van der Waals surface area (Å²) in [6.45, 7) is 3.68. The van der Waals surface area contributed by atoms with E-state index in [1.807, 2.05) is 13.8 Å². The van der Waals surface area contributed by atoms with Gasteiger partial charge < -0.3 is 5.32 Å². The molecule has 0 unspecified atom stereocenters. The number of carbonyl (C=O) groups excluding carboxylic acids is 1. The minimum Gasteiger partial charge on any atom is -0.306 e. The van der Waals surface area contributed by atoms with Gasteiger partial charge in [0.2, 0.25) is 0 Å². The van der Waals surface area contributed by atoms with Gasteiger partial charge in [0.1, 0.15) is 17.0 Å². The van der Waals surface area contributed by atoms with Crippen molar-refractivity contribution in [2.24, 2.45) is 0 Å². The Morgan fingerprint density at radius 2 is 2.19 bits per heavy atom. The summed E-state index contributed by atoms with van der Waals surface area (Å²) in [5.74, 6) is 0.789. The molecule has 0 radical (unpaired) electrons. The first-order valence-electron chi connectivity index (χ1n) is 6.21. The van der Waals surface area contributed by atoms with Crippen LogP contribution in [-0.2, 0) is 0 Å². The molecule has 0 saturated carbocycles. The van der Waals surface area contributed by atoms with E-state index in [1.165, 1.54) is 17.7 Å². The van der Waals surface area contributed by atoms with Gasteiger partial charge in [-0.15, -0.1) is 11.3 Å². The van der Waals surface area contributed by atoms with Crippen LogP contribution < -0.4 is 5.32 Å². The Balaban J connectivity index is 1.84. The molecule has 8 heteroatoms. The minimum atomic E-state index is -0.219. The molecule has 0 aromatic carbocycles. The lowest BCUT2D eigenvalue weighted by molar-refractivity contribution is 0.102. The number of anilines is 1. The standard InChI is InChI=1S/C13H12N6OS/c1-8-12(21-9(2)17-8)13(20)18-10-6-11(15-7-14-10)19-5-3-4-16-19/h3-7H,1-2H3,(H,14,15,18,20). The van der Waals surface area contributed by atoms with Gasteiger partial charge in [-0.2, -0.15) is 5.10 Å². The van der Waals surface area contributed by atoms with E-state index in [1.54, 1.807) is 29.2 Å². The van der Waals surface area contributed by atoms with E-state index in [-0.39, 0.29) is 5.91 Å². The normalized spacial score (nSPS) is 10.6. The van der Waals surface area contributed by atoms with E-state index in [2.05, 4.69) is 25.4 Å². The summed E-state index contributed by atoms with van der Waals surface area (Å²) in [6, 6.07) is 3.46. The second kappa shape index (κ2) is 5.41. The van der Waals surface area contributed by atoms with E-state index >= 15 is 0 Å². The molecule has 0 saturated heterocycles. The monoisotopic (exact) mass is 300 g/mol. The van der Waals surface area contributed by atoms with Crippen molar-refractivity contribution in [2.75, 3.05) is 5.32 Å². The van der Waals surface area contributed by atoms with Crippen molar-refractivity contribution < 1.29 is 4.79 Å². The van der Waals surface area contributed by atoms with Crippen molar-refractivity contribution in [1.82, 2.24) is 24.7 Å². The Kier molecular flexibility index (Phi) is 3.44. The zero-order chi connectivity index (χ0) is 14.8. The molecule has 0 spiro atoms. The van der Waals surface area contributed by atoms with Crippen LogP contribution in [0.3, 0.4) is 0 Å². The van der Waals surface area contributed by atoms with Crippen LogP contribution in [0.5, 0.6) is 0 Å². The molecule has 21 heavy (non-hydrogen) atoms. The molecule has 0 atom stereocenters. The van der Waals surface area contributed by atoms with E-state index < -0.39 is 0 Å². The highest BCUT2D eigenvalue weighted by atomic mass is 32.1. The second-order valence-electron chi connectivity index (χ2n) is 4.31. The van der Waals surface area contributed by atoms with Gasteiger partial charge in [-0.3, -0.25) is 4.79 Å². The molecule has 3 aromatic rings. The van der Waals surface area contributed by atoms with Crippen LogP contribution >= 0.6 is 11.3 Å². The maximum atomic E-state index is 12.2. The summed E-state index contributed by atoms with van der Waals surface area (Å²) in [4.78, 5) is 25.2. The molecule has 0 aliphatic heterocycles. The Morgan fingerprint density at radius 1 is 1.33 bits per heavy atom. The van der Waals surface area contributed by atoms with E-state index in [0.29, 0.717) is 16.5 Å². The van der Waals surface area contributed by atoms with Gasteiger partial charge in [0.25, 0.3) is 5.91 Å². The summed E-state index contributed by atoms with van der Waals surface area (Å²) in [7, 11) is 0. The van der Waals surface area contributed by atoms with Crippen LogP contribution in [0.15, 0.2) is 30.9 Å². The third-order valence-corrected chi connectivity index (χ3v) is 3.81. The fraction of sp³-hybridized carbons (Fsp3) is 0.154. The SMILES string of the molecule is Cc1nc(C)c(C(=O)Nc2cc(-n3cccn3)ncn2)s1. The summed E-state index contributed by atoms with van der Waals surface area (Å²) in [6.07, 6.45) is 4.81. The van der Waals surface area contributed by atoms with Gasteiger partial charge in [-0.25, -0.2) is 19.6 Å². The number of nitrogens with zero attached hydrogens (tertiary/aromatic N) is 5. The van der Waals surface area contributed by atoms with Crippen LogP contribution in [0, 0.1) is 13.8 Å². The number of aromatic nitrogens is 5. The quantitative estimate of drug-likeness (QED) is 0.799. The van der Waals surface area contributed by atoms with Crippen molar-refractivity contribution in [3.8, 4) is 5.82 Å². The summed E-state index contributed by atoms with van der Waals surface area (Å²) >= 11 is 1.36. The molecule has 0 bridgehead atoms. The van der Waals surface area contributed by atoms with Crippen molar-refractivity contribution in [3.05, 3.63) is 46.4 Å². The molecule has 1 amide bonds. The zero-order valence-electron chi connectivity index (χ0n) is 11.4. The number of carbonyl (C=O) groups is 1. The first-order chi connectivity index (χ1) is 10.1. The predicted octanol–water partition coefficient (Wildman–Crippen LogP) is 1.99. The van der Waals surface area contributed by atoms with Crippen molar-refractivity contribution >= 4 is 23.1 Å². The van der Waals surface area contributed by atoms with Crippen LogP contribution in [0.1, 0.15) is 20.4 Å². The van der Waals surface area contributed by atoms with E-state index in [4.69, 9.17) is 0 Å². The van der Waals surface area contributed by atoms with Gasteiger partial charge in [-0.05, 0) is 19.9 Å². The summed E-state index contributed by atoms with van der Waals surface area (Å²) in [5.41, 5.74) is 0.719. The van der Waals surface area contributed by atoms with Gasteiger partial charge in [-0.1, -0.05) is 0 Å². The first-order valence-corrected chi connectivity index (χ1v) is 7.02. The lowest BCUT2D eigenvalue weighted by Gasteiger charge is -2.05. The van der Waals surface area contributed by atoms with Crippen LogP contribution in [0.2, 0.25) is 0 Å². The third-order valence-electron chi connectivity index (χ3n) is 2.74. The van der Waals surface area contributed by atoms with Crippen molar-refractivity contribution in [1.29, 1.82) is 0 Å². The molecule has 3 aromatic heterocycles. The smallest absolute Gasteiger partial charge is 0.268 e. The largest absolute Gasteiger partial charge is 0.306 e. The fourth-order valence-corrected chi connectivity index (χ4v) is 2.68. The maximum absolute atomic E-state index is 12.2. The average molecular weight is 300 g/mol. The van der Waals surface area contributed by atoms with E-state index in [9.17, 15) is 4.79 Å². The topological polar surface area (TPSA) is 85.6 Å². The predicted molar refractivity (Wildman–Crippen MR) is 78.7 cm³/mol. The minimum absolute atomic E-state index is 0.219. The molecule has 7 nitrogen and oxygen atoms in total. The Labute approximate surface area is 124 Å². The number of hydrogen-bond donors (Lipinski definition) is 1. The van der Waals surface area contributed by atoms with Gasteiger partial charge in [0.15, 0.2) is 5.82 Å². The van der Waals surface area contributed by atoms with Gasteiger partial charge in [0, 0.05) is 18.5 Å². The van der Waals surface area contributed by atoms with Crippen molar-refractivity contribution in [3.63, 3.8) is 0 Å². The number of nitrogens with one attached hydrogen (secondary N) is 1. The number of amides is 1. The molecule has 0 aliphatic carbocycles. The molecule has 0 fully saturated rings. The molecule has 3 rings (SSSR count). The molecular weight excluding hydrogens is 288 g/mol. The first kappa shape index (κ1) is 13.4. The number of thiazole rings is 1. The van der Waals surface area contributed by atoms with Crippen LogP contribution in [0.4, 0.5) is 5.82 Å². The molecule has 3 heterocycles. The molecule has 106 valence electrons. The number of hydrogen-bond acceptors (Lipinski definition) is 6. The van der Waals surface area contributed by atoms with E-state index in [0.717, 1.165) is 10.7 Å². The highest BCUT2D eigenvalue weighted by molar-refractivity contribution is 7.13. The lowest BCUT2D eigenvalue weighted by Crippen LogP contribution is -2.13.